The molecule has 1 aromatic carbocycles. The second kappa shape index (κ2) is 7.00. The van der Waals surface area contributed by atoms with E-state index in [4.69, 9.17) is 17.2 Å². The standard InChI is InChI=1S/C13H21N5O.ClH/c1-13(2,3)18(17-12(15)16)8-9-4-6-10(7-5-9)11(14)19;/h4-7H,8H2,1-3H3,(H2,14,19)(H4,15,16,17);1H. The monoisotopic (exact) mass is 299 g/mol. The highest BCUT2D eigenvalue weighted by Gasteiger charge is 2.20. The molecule has 0 aliphatic carbocycles. The first-order valence-corrected chi connectivity index (χ1v) is 5.96. The van der Waals surface area contributed by atoms with E-state index in [-0.39, 0.29) is 23.9 Å². The van der Waals surface area contributed by atoms with Crippen LogP contribution in [0.15, 0.2) is 29.4 Å². The van der Waals surface area contributed by atoms with Gasteiger partial charge >= 0.3 is 0 Å². The van der Waals surface area contributed by atoms with Crippen molar-refractivity contribution in [3.8, 4) is 0 Å². The molecule has 1 aromatic rings. The number of primary amides is 1. The largest absolute Gasteiger partial charge is 0.369 e. The van der Waals surface area contributed by atoms with Crippen molar-refractivity contribution >= 4 is 24.3 Å². The summed E-state index contributed by atoms with van der Waals surface area (Å²) in [5.74, 6) is -0.424. The van der Waals surface area contributed by atoms with E-state index in [0.29, 0.717) is 12.1 Å². The summed E-state index contributed by atoms with van der Waals surface area (Å²) in [6.07, 6.45) is 0. The summed E-state index contributed by atoms with van der Waals surface area (Å²) >= 11 is 0. The maximum absolute atomic E-state index is 11.0. The zero-order valence-corrected chi connectivity index (χ0v) is 12.8. The molecule has 0 bridgehead atoms. The van der Waals surface area contributed by atoms with E-state index < -0.39 is 5.91 Å². The Labute approximate surface area is 125 Å². The first-order valence-electron chi connectivity index (χ1n) is 5.96. The van der Waals surface area contributed by atoms with Crippen molar-refractivity contribution in [3.63, 3.8) is 0 Å². The molecule has 6 N–H and O–H groups in total. The van der Waals surface area contributed by atoms with Gasteiger partial charge in [-0.05, 0) is 38.5 Å². The van der Waals surface area contributed by atoms with E-state index in [1.807, 2.05) is 32.9 Å². The Morgan fingerprint density at radius 2 is 1.65 bits per heavy atom. The maximum atomic E-state index is 11.0. The van der Waals surface area contributed by atoms with Gasteiger partial charge in [-0.1, -0.05) is 12.1 Å². The van der Waals surface area contributed by atoms with Crippen LogP contribution in [0.1, 0.15) is 36.7 Å². The minimum atomic E-state index is -0.441. The summed E-state index contributed by atoms with van der Waals surface area (Å²) in [6.45, 7) is 6.58. The number of carbonyl (C=O) groups excluding carboxylic acids is 1. The second-order valence-corrected chi connectivity index (χ2v) is 5.31. The topological polar surface area (TPSA) is 111 Å². The zero-order chi connectivity index (χ0) is 14.6. The predicted octanol–water partition coefficient (Wildman–Crippen LogP) is 0.996. The van der Waals surface area contributed by atoms with Crippen LogP contribution in [0.4, 0.5) is 0 Å². The summed E-state index contributed by atoms with van der Waals surface area (Å²) in [5, 5.41) is 5.91. The van der Waals surface area contributed by atoms with Crippen LogP contribution in [0.2, 0.25) is 0 Å². The van der Waals surface area contributed by atoms with Crippen molar-refractivity contribution in [3.05, 3.63) is 35.4 Å². The van der Waals surface area contributed by atoms with Gasteiger partial charge in [-0.15, -0.1) is 17.5 Å². The summed E-state index contributed by atoms with van der Waals surface area (Å²) in [5.41, 5.74) is 17.3. The highest BCUT2D eigenvalue weighted by atomic mass is 35.5. The van der Waals surface area contributed by atoms with Gasteiger partial charge in [-0.25, -0.2) is 0 Å². The molecule has 0 fully saturated rings. The molecule has 0 atom stereocenters. The summed E-state index contributed by atoms with van der Waals surface area (Å²) in [7, 11) is 0. The van der Waals surface area contributed by atoms with Crippen LogP contribution < -0.4 is 17.2 Å². The highest BCUT2D eigenvalue weighted by Crippen LogP contribution is 2.18. The van der Waals surface area contributed by atoms with Crippen LogP contribution in [-0.4, -0.2) is 22.4 Å². The van der Waals surface area contributed by atoms with E-state index in [0.717, 1.165) is 5.56 Å². The number of carbonyl (C=O) groups is 1. The third-order valence-corrected chi connectivity index (χ3v) is 2.58. The second-order valence-electron chi connectivity index (χ2n) is 5.31. The predicted molar refractivity (Wildman–Crippen MR) is 83.3 cm³/mol. The molecule has 20 heavy (non-hydrogen) atoms. The lowest BCUT2D eigenvalue weighted by molar-refractivity contribution is 0.1000. The van der Waals surface area contributed by atoms with E-state index in [1.54, 1.807) is 17.1 Å². The highest BCUT2D eigenvalue weighted by molar-refractivity contribution is 5.92. The first-order chi connectivity index (χ1) is 8.70. The van der Waals surface area contributed by atoms with E-state index in [9.17, 15) is 4.79 Å². The van der Waals surface area contributed by atoms with Crippen LogP contribution in [0.25, 0.3) is 0 Å². The van der Waals surface area contributed by atoms with Gasteiger partial charge in [-0.2, -0.15) is 0 Å². The third-order valence-electron chi connectivity index (χ3n) is 2.58. The molecule has 0 aromatic heterocycles. The fourth-order valence-corrected chi connectivity index (χ4v) is 1.51. The Kier molecular flexibility index (Phi) is 6.32. The van der Waals surface area contributed by atoms with Gasteiger partial charge in [0.25, 0.3) is 0 Å². The molecule has 1 amide bonds. The van der Waals surface area contributed by atoms with Gasteiger partial charge < -0.3 is 17.2 Å². The molecule has 112 valence electrons. The smallest absolute Gasteiger partial charge is 0.248 e. The van der Waals surface area contributed by atoms with Crippen molar-refractivity contribution in [1.82, 2.24) is 5.01 Å². The number of amides is 1. The zero-order valence-electron chi connectivity index (χ0n) is 12.0. The quantitative estimate of drug-likeness (QED) is 0.437. The number of nitrogens with zero attached hydrogens (tertiary/aromatic N) is 2. The van der Waals surface area contributed by atoms with Gasteiger partial charge in [-0.3, -0.25) is 9.80 Å². The average Bonchev–Trinajstić information content (AvgIpc) is 2.27. The van der Waals surface area contributed by atoms with Crippen molar-refractivity contribution in [2.24, 2.45) is 22.3 Å². The third kappa shape index (κ3) is 5.36. The number of hydrogen-bond donors (Lipinski definition) is 3. The summed E-state index contributed by atoms with van der Waals surface area (Å²) < 4.78 is 0. The minimum absolute atomic E-state index is 0. The Hall–Kier alpha value is -1.95. The van der Waals surface area contributed by atoms with Crippen molar-refractivity contribution in [2.75, 3.05) is 0 Å². The molecule has 0 saturated carbocycles. The minimum Gasteiger partial charge on any atom is -0.369 e. The fourth-order valence-electron chi connectivity index (χ4n) is 1.51. The lowest BCUT2D eigenvalue weighted by Crippen LogP contribution is -2.40. The van der Waals surface area contributed by atoms with Gasteiger partial charge in [0.2, 0.25) is 11.9 Å². The molecule has 0 saturated heterocycles. The molecule has 0 spiro atoms. The fraction of sp³-hybridized carbons (Fsp3) is 0.385. The van der Waals surface area contributed by atoms with Crippen LogP contribution in [0.5, 0.6) is 0 Å². The maximum Gasteiger partial charge on any atom is 0.248 e. The first kappa shape index (κ1) is 18.0. The molecule has 0 radical (unpaired) electrons. The van der Waals surface area contributed by atoms with E-state index in [1.165, 1.54) is 0 Å². The van der Waals surface area contributed by atoms with Crippen LogP contribution in [0.3, 0.4) is 0 Å². The normalized spacial score (nSPS) is 10.3. The van der Waals surface area contributed by atoms with Gasteiger partial charge in [0.1, 0.15) is 0 Å². The van der Waals surface area contributed by atoms with Crippen molar-refractivity contribution < 1.29 is 4.79 Å². The molecule has 1 rings (SSSR count). The van der Waals surface area contributed by atoms with E-state index in [2.05, 4.69) is 5.10 Å². The Bertz CT molecular complexity index is 475. The van der Waals surface area contributed by atoms with Gasteiger partial charge in [0, 0.05) is 5.56 Å². The SMILES string of the molecule is CC(C)(C)N(Cc1ccc(C(N)=O)cc1)N=C(N)N.Cl. The number of nitrogens with two attached hydrogens (primary N) is 3. The average molecular weight is 300 g/mol. The Morgan fingerprint density at radius 1 is 1.15 bits per heavy atom. The number of hydrogen-bond acceptors (Lipinski definition) is 3. The van der Waals surface area contributed by atoms with Crippen molar-refractivity contribution in [1.29, 1.82) is 0 Å². The summed E-state index contributed by atoms with van der Waals surface area (Å²) in [4.78, 5) is 11.0. The van der Waals surface area contributed by atoms with Crippen LogP contribution in [-0.2, 0) is 6.54 Å². The van der Waals surface area contributed by atoms with E-state index >= 15 is 0 Å². The molecule has 6 nitrogen and oxygen atoms in total. The number of benzene rings is 1. The van der Waals surface area contributed by atoms with Crippen LogP contribution >= 0.6 is 12.4 Å². The van der Waals surface area contributed by atoms with Crippen LogP contribution in [0, 0.1) is 0 Å². The lowest BCUT2D eigenvalue weighted by Gasteiger charge is -2.33. The number of rotatable bonds is 4. The Balaban J connectivity index is 0.00000361. The molecule has 0 aliphatic rings. The van der Waals surface area contributed by atoms with Gasteiger partial charge in [0.15, 0.2) is 0 Å². The molecule has 0 unspecified atom stereocenters. The number of halogens is 1. The Morgan fingerprint density at radius 3 is 2.00 bits per heavy atom. The van der Waals surface area contributed by atoms with Crippen molar-refractivity contribution in [2.45, 2.75) is 32.9 Å². The number of guanidine groups is 1. The van der Waals surface area contributed by atoms with Gasteiger partial charge in [0.05, 0.1) is 12.1 Å². The molecular formula is C13H22ClN5O. The number of hydrazone groups is 1. The molecule has 0 aliphatic heterocycles. The molecule has 0 heterocycles. The lowest BCUT2D eigenvalue weighted by atomic mass is 10.1. The summed E-state index contributed by atoms with van der Waals surface area (Å²) in [6, 6.07) is 7.05. The molecular weight excluding hydrogens is 278 g/mol. The molecule has 7 heteroatoms.